The van der Waals surface area contributed by atoms with Gasteiger partial charge in [0, 0.05) is 12.1 Å². The largest absolute Gasteiger partial charge is 0.299 e. The van der Waals surface area contributed by atoms with E-state index < -0.39 is 0 Å². The Bertz CT molecular complexity index is 460. The van der Waals surface area contributed by atoms with Gasteiger partial charge in [-0.2, -0.15) is 0 Å². The molecule has 1 heterocycles. The van der Waals surface area contributed by atoms with Gasteiger partial charge < -0.3 is 0 Å². The zero-order chi connectivity index (χ0) is 13.2. The average molecular weight is 257 g/mol. The van der Waals surface area contributed by atoms with Crippen LogP contribution in [0.2, 0.25) is 0 Å². The number of rotatable bonds is 3. The molecule has 2 aliphatic rings. The molecule has 1 atom stereocenters. The van der Waals surface area contributed by atoms with Crippen LogP contribution in [0, 0.1) is 11.8 Å². The number of ketones is 1. The van der Waals surface area contributed by atoms with Crippen molar-refractivity contribution < 1.29 is 4.79 Å². The van der Waals surface area contributed by atoms with Gasteiger partial charge in [0.1, 0.15) is 5.78 Å². The maximum Gasteiger partial charge on any atom is 0.145 e. The molecule has 0 aromatic carbocycles. The zero-order valence-electron chi connectivity index (χ0n) is 11.8. The maximum absolute atomic E-state index is 12.7. The van der Waals surface area contributed by atoms with Crippen molar-refractivity contribution in [1.29, 1.82) is 0 Å². The van der Waals surface area contributed by atoms with E-state index in [0.717, 1.165) is 37.3 Å². The number of pyridine rings is 1. The second kappa shape index (κ2) is 5.44. The lowest BCUT2D eigenvalue weighted by Gasteiger charge is -2.28. The highest BCUT2D eigenvalue weighted by Crippen LogP contribution is 2.38. The lowest BCUT2D eigenvalue weighted by Crippen LogP contribution is -2.26. The SMILES string of the molecule is CCC1CCC(C(=O)C2CCc3cccnc32)CC1. The Morgan fingerprint density at radius 2 is 2.05 bits per heavy atom. The summed E-state index contributed by atoms with van der Waals surface area (Å²) in [7, 11) is 0. The van der Waals surface area contributed by atoms with E-state index >= 15 is 0 Å². The molecule has 0 amide bonds. The highest BCUT2D eigenvalue weighted by molar-refractivity contribution is 5.88. The Morgan fingerprint density at radius 3 is 2.79 bits per heavy atom. The summed E-state index contributed by atoms with van der Waals surface area (Å²) in [5, 5.41) is 0. The minimum Gasteiger partial charge on any atom is -0.299 e. The van der Waals surface area contributed by atoms with Crippen LogP contribution >= 0.6 is 0 Å². The van der Waals surface area contributed by atoms with Gasteiger partial charge in [-0.15, -0.1) is 0 Å². The van der Waals surface area contributed by atoms with E-state index in [1.54, 1.807) is 0 Å². The third-order valence-corrected chi connectivity index (χ3v) is 5.13. The number of carbonyl (C=O) groups is 1. The fraction of sp³-hybridized carbons (Fsp3) is 0.647. The quantitative estimate of drug-likeness (QED) is 0.822. The van der Waals surface area contributed by atoms with E-state index in [9.17, 15) is 4.79 Å². The Hall–Kier alpha value is -1.18. The van der Waals surface area contributed by atoms with E-state index in [1.165, 1.54) is 24.8 Å². The molecule has 0 aliphatic heterocycles. The summed E-state index contributed by atoms with van der Waals surface area (Å²) in [6.07, 6.45) is 9.82. The predicted molar refractivity (Wildman–Crippen MR) is 76.0 cm³/mol. The molecule has 0 spiro atoms. The molecule has 102 valence electrons. The van der Waals surface area contributed by atoms with Crippen LogP contribution in [0.15, 0.2) is 18.3 Å². The van der Waals surface area contributed by atoms with Gasteiger partial charge in [-0.05, 0) is 56.1 Å². The molecular formula is C17H23NO. The average Bonchev–Trinajstić information content (AvgIpc) is 2.90. The van der Waals surface area contributed by atoms with E-state index in [0.29, 0.717) is 11.7 Å². The number of aromatic nitrogens is 1. The second-order valence-corrected chi connectivity index (χ2v) is 6.17. The molecule has 0 N–H and O–H groups in total. The summed E-state index contributed by atoms with van der Waals surface area (Å²) in [5.41, 5.74) is 2.37. The molecule has 1 fully saturated rings. The van der Waals surface area contributed by atoms with Crippen molar-refractivity contribution >= 4 is 5.78 Å². The van der Waals surface area contributed by atoms with Crippen molar-refractivity contribution in [3.05, 3.63) is 29.6 Å². The molecule has 1 aromatic rings. The zero-order valence-corrected chi connectivity index (χ0v) is 11.8. The number of hydrogen-bond donors (Lipinski definition) is 0. The predicted octanol–water partition coefficient (Wildman–Crippen LogP) is 3.90. The number of carbonyl (C=O) groups excluding carboxylic acids is 1. The van der Waals surface area contributed by atoms with Gasteiger partial charge in [-0.3, -0.25) is 9.78 Å². The molecular weight excluding hydrogens is 234 g/mol. The van der Waals surface area contributed by atoms with Gasteiger partial charge in [0.15, 0.2) is 0 Å². The second-order valence-electron chi connectivity index (χ2n) is 6.17. The fourth-order valence-electron chi connectivity index (χ4n) is 3.83. The minimum absolute atomic E-state index is 0.0966. The number of Topliss-reactive ketones (excluding diaryl/α,β-unsaturated/α-hetero) is 1. The van der Waals surface area contributed by atoms with Crippen LogP contribution in [0.1, 0.15) is 62.6 Å². The Balaban J connectivity index is 1.69. The summed E-state index contributed by atoms with van der Waals surface area (Å²) in [4.78, 5) is 17.2. The summed E-state index contributed by atoms with van der Waals surface area (Å²) >= 11 is 0. The normalized spacial score (nSPS) is 30.1. The molecule has 2 heteroatoms. The standard InChI is InChI=1S/C17H23NO/c1-2-12-5-7-14(8-6-12)17(19)15-10-9-13-4-3-11-18-16(13)15/h3-4,11-12,14-15H,2,5-10H2,1H3. The number of fused-ring (bicyclic) bond motifs is 1. The molecule has 1 unspecified atom stereocenters. The monoisotopic (exact) mass is 257 g/mol. The maximum atomic E-state index is 12.7. The van der Waals surface area contributed by atoms with E-state index in [1.807, 2.05) is 12.3 Å². The van der Waals surface area contributed by atoms with Gasteiger partial charge >= 0.3 is 0 Å². The van der Waals surface area contributed by atoms with E-state index in [2.05, 4.69) is 18.0 Å². The van der Waals surface area contributed by atoms with Crippen LogP contribution in [0.3, 0.4) is 0 Å². The first-order chi connectivity index (χ1) is 9.29. The molecule has 0 radical (unpaired) electrons. The Labute approximate surface area is 115 Å². The van der Waals surface area contributed by atoms with Crippen molar-refractivity contribution in [2.24, 2.45) is 11.8 Å². The topological polar surface area (TPSA) is 30.0 Å². The smallest absolute Gasteiger partial charge is 0.145 e. The molecule has 1 aromatic heterocycles. The van der Waals surface area contributed by atoms with Crippen molar-refractivity contribution in [2.75, 3.05) is 0 Å². The van der Waals surface area contributed by atoms with Crippen molar-refractivity contribution in [3.8, 4) is 0 Å². The summed E-state index contributed by atoms with van der Waals surface area (Å²) in [5.74, 6) is 1.74. The van der Waals surface area contributed by atoms with Gasteiger partial charge in [0.25, 0.3) is 0 Å². The number of aryl methyl sites for hydroxylation is 1. The third kappa shape index (κ3) is 2.45. The van der Waals surface area contributed by atoms with Crippen LogP contribution in [0.5, 0.6) is 0 Å². The minimum atomic E-state index is 0.0966. The molecule has 2 aliphatic carbocycles. The van der Waals surface area contributed by atoms with Crippen LogP contribution in [0.4, 0.5) is 0 Å². The molecule has 0 bridgehead atoms. The van der Waals surface area contributed by atoms with Crippen molar-refractivity contribution in [3.63, 3.8) is 0 Å². The molecule has 1 saturated carbocycles. The molecule has 3 rings (SSSR count). The van der Waals surface area contributed by atoms with Gasteiger partial charge in [0.2, 0.25) is 0 Å². The van der Waals surface area contributed by atoms with Gasteiger partial charge in [-0.1, -0.05) is 19.4 Å². The summed E-state index contributed by atoms with van der Waals surface area (Å²) in [6, 6.07) is 4.11. The van der Waals surface area contributed by atoms with Crippen LogP contribution in [-0.4, -0.2) is 10.8 Å². The lowest BCUT2D eigenvalue weighted by atomic mass is 9.76. The third-order valence-electron chi connectivity index (χ3n) is 5.13. The first-order valence-electron chi connectivity index (χ1n) is 7.77. The molecule has 2 nitrogen and oxygen atoms in total. The van der Waals surface area contributed by atoms with Crippen molar-refractivity contribution in [1.82, 2.24) is 4.98 Å². The summed E-state index contributed by atoms with van der Waals surface area (Å²) < 4.78 is 0. The van der Waals surface area contributed by atoms with Gasteiger partial charge in [0.05, 0.1) is 11.6 Å². The summed E-state index contributed by atoms with van der Waals surface area (Å²) in [6.45, 7) is 2.27. The highest BCUT2D eigenvalue weighted by Gasteiger charge is 2.35. The van der Waals surface area contributed by atoms with E-state index in [4.69, 9.17) is 0 Å². The van der Waals surface area contributed by atoms with Crippen LogP contribution < -0.4 is 0 Å². The fourth-order valence-corrected chi connectivity index (χ4v) is 3.83. The first kappa shape index (κ1) is 12.8. The van der Waals surface area contributed by atoms with Crippen LogP contribution in [0.25, 0.3) is 0 Å². The lowest BCUT2D eigenvalue weighted by molar-refractivity contribution is -0.125. The van der Waals surface area contributed by atoms with Gasteiger partial charge in [-0.25, -0.2) is 0 Å². The van der Waals surface area contributed by atoms with Crippen LogP contribution in [-0.2, 0) is 11.2 Å². The number of hydrogen-bond acceptors (Lipinski definition) is 2. The van der Waals surface area contributed by atoms with Crippen molar-refractivity contribution in [2.45, 2.75) is 57.8 Å². The highest BCUT2D eigenvalue weighted by atomic mass is 16.1. The number of nitrogens with zero attached hydrogens (tertiary/aromatic N) is 1. The molecule has 19 heavy (non-hydrogen) atoms. The Kier molecular flexibility index (Phi) is 3.67. The molecule has 0 saturated heterocycles. The Morgan fingerprint density at radius 1 is 1.26 bits per heavy atom. The first-order valence-corrected chi connectivity index (χ1v) is 7.77. The van der Waals surface area contributed by atoms with E-state index in [-0.39, 0.29) is 5.92 Å².